The Hall–Kier alpha value is -1.82. The fraction of sp³-hybridized carbons (Fsp3) is 0.400. The van der Waals surface area contributed by atoms with E-state index in [4.69, 9.17) is 9.47 Å². The van der Waals surface area contributed by atoms with E-state index in [9.17, 15) is 9.50 Å². The molecule has 0 unspecified atom stereocenters. The molecule has 0 aliphatic rings. The number of hydrogen-bond donors (Lipinski definition) is 2. The number of aliphatic hydroxyl groups excluding tert-OH is 1. The van der Waals surface area contributed by atoms with Gasteiger partial charge in [0.2, 0.25) is 0 Å². The van der Waals surface area contributed by atoms with Crippen LogP contribution >= 0.6 is 12.4 Å². The van der Waals surface area contributed by atoms with E-state index in [1.807, 2.05) is 39.0 Å². The van der Waals surface area contributed by atoms with Crippen LogP contribution in [-0.4, -0.2) is 23.9 Å². The molecule has 2 N–H and O–H groups in total. The van der Waals surface area contributed by atoms with Gasteiger partial charge in [-0.3, -0.25) is 0 Å². The largest absolute Gasteiger partial charge is 0.490 e. The molecular weight excluding hydrogens is 357 g/mol. The van der Waals surface area contributed by atoms with Crippen LogP contribution in [-0.2, 0) is 13.2 Å². The van der Waals surface area contributed by atoms with Gasteiger partial charge in [-0.1, -0.05) is 30.3 Å². The first-order chi connectivity index (χ1) is 12.0. The van der Waals surface area contributed by atoms with Gasteiger partial charge in [-0.2, -0.15) is 0 Å². The Labute approximate surface area is 160 Å². The Morgan fingerprint density at radius 2 is 1.73 bits per heavy atom. The quantitative estimate of drug-likeness (QED) is 0.685. The molecule has 0 amide bonds. The Balaban J connectivity index is 0.00000338. The highest BCUT2D eigenvalue weighted by atomic mass is 35.5. The average Bonchev–Trinajstić information content (AvgIpc) is 2.60. The highest BCUT2D eigenvalue weighted by molar-refractivity contribution is 5.85. The van der Waals surface area contributed by atoms with Crippen molar-refractivity contribution in [2.24, 2.45) is 0 Å². The molecule has 0 atom stereocenters. The summed E-state index contributed by atoms with van der Waals surface area (Å²) in [6, 6.07) is 12.2. The number of benzene rings is 2. The number of nitrogens with one attached hydrogen (secondary N) is 1. The van der Waals surface area contributed by atoms with Crippen molar-refractivity contribution in [2.45, 2.75) is 39.5 Å². The van der Waals surface area contributed by atoms with Gasteiger partial charge in [0.1, 0.15) is 12.4 Å². The third-order valence-corrected chi connectivity index (χ3v) is 3.84. The minimum atomic E-state index is -0.412. The van der Waals surface area contributed by atoms with Crippen molar-refractivity contribution in [2.75, 3.05) is 13.2 Å². The van der Waals surface area contributed by atoms with Crippen molar-refractivity contribution in [3.05, 3.63) is 59.4 Å². The van der Waals surface area contributed by atoms with Crippen LogP contribution in [0.5, 0.6) is 11.5 Å². The van der Waals surface area contributed by atoms with Crippen molar-refractivity contribution in [1.82, 2.24) is 5.32 Å². The molecule has 4 nitrogen and oxygen atoms in total. The zero-order chi connectivity index (χ0) is 18.3. The van der Waals surface area contributed by atoms with Crippen LogP contribution in [0.3, 0.4) is 0 Å². The van der Waals surface area contributed by atoms with Crippen molar-refractivity contribution >= 4 is 12.4 Å². The molecule has 0 saturated carbocycles. The van der Waals surface area contributed by atoms with E-state index in [1.54, 1.807) is 18.2 Å². The van der Waals surface area contributed by atoms with Gasteiger partial charge in [0.05, 0.1) is 13.2 Å². The van der Waals surface area contributed by atoms with Crippen molar-refractivity contribution < 1.29 is 19.0 Å². The van der Waals surface area contributed by atoms with E-state index in [-0.39, 0.29) is 31.4 Å². The fourth-order valence-electron chi connectivity index (χ4n) is 2.29. The van der Waals surface area contributed by atoms with Gasteiger partial charge >= 0.3 is 0 Å². The van der Waals surface area contributed by atoms with E-state index >= 15 is 0 Å². The first kappa shape index (κ1) is 22.2. The van der Waals surface area contributed by atoms with Gasteiger partial charge < -0.3 is 19.9 Å². The SMILES string of the molecule is CCOc1cccc(CNC(C)(C)CO)c1OCc1ccccc1F.Cl. The van der Waals surface area contributed by atoms with Gasteiger partial charge in [-0.15, -0.1) is 12.4 Å². The predicted octanol–water partition coefficient (Wildman–Crippen LogP) is 4.09. The molecule has 0 aromatic heterocycles. The van der Waals surface area contributed by atoms with Gasteiger partial charge in [0.25, 0.3) is 0 Å². The van der Waals surface area contributed by atoms with Gasteiger partial charge in [0.15, 0.2) is 11.5 Å². The lowest BCUT2D eigenvalue weighted by molar-refractivity contribution is 0.186. The maximum absolute atomic E-state index is 13.8. The number of rotatable bonds is 9. The minimum absolute atomic E-state index is 0. The monoisotopic (exact) mass is 383 g/mol. The molecule has 0 aliphatic heterocycles. The number of aliphatic hydroxyl groups is 1. The normalized spacial score (nSPS) is 11.0. The molecule has 0 aliphatic carbocycles. The van der Waals surface area contributed by atoms with Gasteiger partial charge in [-0.25, -0.2) is 4.39 Å². The topological polar surface area (TPSA) is 50.7 Å². The van der Waals surface area contributed by atoms with Crippen molar-refractivity contribution in [3.63, 3.8) is 0 Å². The Morgan fingerprint density at radius 3 is 2.38 bits per heavy atom. The molecule has 0 spiro atoms. The predicted molar refractivity (Wildman–Crippen MR) is 104 cm³/mol. The first-order valence-electron chi connectivity index (χ1n) is 8.43. The number of ether oxygens (including phenoxy) is 2. The number of halogens is 2. The van der Waals surface area contributed by atoms with Crippen LogP contribution < -0.4 is 14.8 Å². The van der Waals surface area contributed by atoms with Crippen LogP contribution in [0, 0.1) is 5.82 Å². The summed E-state index contributed by atoms with van der Waals surface area (Å²) in [5.74, 6) is 0.922. The molecular formula is C20H27ClFNO3. The van der Waals surface area contributed by atoms with E-state index in [2.05, 4.69) is 5.32 Å². The molecule has 2 aromatic rings. The molecule has 0 radical (unpaired) electrons. The maximum atomic E-state index is 13.8. The summed E-state index contributed by atoms with van der Waals surface area (Å²) in [5, 5.41) is 12.7. The lowest BCUT2D eigenvalue weighted by Gasteiger charge is -2.25. The maximum Gasteiger partial charge on any atom is 0.166 e. The standard InChI is InChI=1S/C20H26FNO3.ClH/c1-4-24-18-11-7-9-15(12-22-20(2,3)14-23)19(18)25-13-16-8-5-6-10-17(16)21;/h5-11,22-23H,4,12-14H2,1-3H3;1H. The smallest absolute Gasteiger partial charge is 0.166 e. The van der Waals surface area contributed by atoms with Crippen molar-refractivity contribution in [1.29, 1.82) is 0 Å². The lowest BCUT2D eigenvalue weighted by atomic mass is 10.1. The van der Waals surface area contributed by atoms with Crippen LogP contribution in [0.15, 0.2) is 42.5 Å². The molecule has 6 heteroatoms. The zero-order valence-corrected chi connectivity index (χ0v) is 16.2. The number of para-hydroxylation sites is 1. The summed E-state index contributed by atoms with van der Waals surface area (Å²) in [7, 11) is 0. The molecule has 0 heterocycles. The molecule has 0 fully saturated rings. The highest BCUT2D eigenvalue weighted by Gasteiger charge is 2.18. The zero-order valence-electron chi connectivity index (χ0n) is 15.4. The minimum Gasteiger partial charge on any atom is -0.490 e. The molecule has 0 bridgehead atoms. The summed E-state index contributed by atoms with van der Waals surface area (Å²) in [6.45, 7) is 6.88. The van der Waals surface area contributed by atoms with Crippen molar-refractivity contribution in [3.8, 4) is 11.5 Å². The Bertz CT molecular complexity index is 695. The summed E-state index contributed by atoms with van der Waals surface area (Å²) < 4.78 is 25.4. The van der Waals surface area contributed by atoms with E-state index in [0.717, 1.165) is 5.56 Å². The van der Waals surface area contributed by atoms with Gasteiger partial charge in [0, 0.05) is 23.2 Å². The number of hydrogen-bond acceptors (Lipinski definition) is 4. The Morgan fingerprint density at radius 1 is 1.04 bits per heavy atom. The fourth-order valence-corrected chi connectivity index (χ4v) is 2.29. The Kier molecular flexibility index (Phi) is 8.85. The third kappa shape index (κ3) is 6.16. The molecule has 144 valence electrons. The molecule has 0 saturated heterocycles. The van der Waals surface area contributed by atoms with Crippen LogP contribution in [0.1, 0.15) is 31.9 Å². The van der Waals surface area contributed by atoms with E-state index in [0.29, 0.717) is 30.2 Å². The summed E-state index contributed by atoms with van der Waals surface area (Å²) >= 11 is 0. The van der Waals surface area contributed by atoms with E-state index in [1.165, 1.54) is 6.07 Å². The molecule has 26 heavy (non-hydrogen) atoms. The second-order valence-corrected chi connectivity index (χ2v) is 6.45. The third-order valence-electron chi connectivity index (χ3n) is 3.84. The average molecular weight is 384 g/mol. The molecule has 2 rings (SSSR count). The van der Waals surface area contributed by atoms with Crippen LogP contribution in [0.2, 0.25) is 0 Å². The van der Waals surface area contributed by atoms with Crippen LogP contribution in [0.4, 0.5) is 4.39 Å². The molecule has 2 aromatic carbocycles. The lowest BCUT2D eigenvalue weighted by Crippen LogP contribution is -2.42. The second kappa shape index (κ2) is 10.4. The first-order valence-corrected chi connectivity index (χ1v) is 8.43. The van der Waals surface area contributed by atoms with Crippen LogP contribution in [0.25, 0.3) is 0 Å². The van der Waals surface area contributed by atoms with Gasteiger partial charge in [-0.05, 0) is 32.9 Å². The summed E-state index contributed by atoms with van der Waals surface area (Å²) in [4.78, 5) is 0. The van der Waals surface area contributed by atoms with E-state index < -0.39 is 5.54 Å². The highest BCUT2D eigenvalue weighted by Crippen LogP contribution is 2.32. The summed E-state index contributed by atoms with van der Waals surface area (Å²) in [6.07, 6.45) is 0. The second-order valence-electron chi connectivity index (χ2n) is 6.45. The summed E-state index contributed by atoms with van der Waals surface area (Å²) in [5.41, 5.74) is 0.969.